The minimum Gasteiger partial charge on any atom is -0.383 e. The molecule has 0 aliphatic rings. The number of hydrogen-bond acceptors (Lipinski definition) is 4. The zero-order chi connectivity index (χ0) is 15.2. The van der Waals surface area contributed by atoms with Gasteiger partial charge in [-0.1, -0.05) is 30.0 Å². The van der Waals surface area contributed by atoms with Crippen LogP contribution in [0, 0.1) is 0 Å². The number of aromatic nitrogens is 2. The molecule has 0 fully saturated rings. The number of carbonyl (C=O) groups is 1. The number of amides is 1. The molecule has 1 heterocycles. The number of ether oxygens (including phenoxy) is 1. The second-order valence-corrected chi connectivity index (χ2v) is 5.40. The highest BCUT2D eigenvalue weighted by atomic mass is 32.2. The molecule has 1 amide bonds. The van der Waals surface area contributed by atoms with E-state index in [0.717, 1.165) is 10.8 Å². The Balaban J connectivity index is 2.32. The summed E-state index contributed by atoms with van der Waals surface area (Å²) in [6.45, 7) is 2.38. The van der Waals surface area contributed by atoms with E-state index in [4.69, 9.17) is 4.74 Å². The monoisotopic (exact) mass is 305 g/mol. The molecule has 21 heavy (non-hydrogen) atoms. The quantitative estimate of drug-likeness (QED) is 0.832. The number of thioether (sulfide) groups is 1. The molecule has 0 saturated heterocycles. The van der Waals surface area contributed by atoms with Crippen LogP contribution in [0.2, 0.25) is 0 Å². The van der Waals surface area contributed by atoms with Crippen molar-refractivity contribution >= 4 is 17.7 Å². The molecule has 2 aromatic rings. The molecule has 0 spiro atoms. The van der Waals surface area contributed by atoms with Gasteiger partial charge in [0.05, 0.1) is 12.8 Å². The molecule has 1 atom stereocenters. The number of carbonyl (C=O) groups excluding carboxylic acids is 1. The average molecular weight is 305 g/mol. The van der Waals surface area contributed by atoms with E-state index in [1.165, 1.54) is 11.8 Å². The van der Waals surface area contributed by atoms with Gasteiger partial charge in [-0.25, -0.2) is 4.98 Å². The smallest absolute Gasteiger partial charge is 0.270 e. The summed E-state index contributed by atoms with van der Waals surface area (Å²) in [5, 5.41) is 3.69. The fourth-order valence-corrected chi connectivity index (χ4v) is 2.60. The Hall–Kier alpha value is -1.79. The Kier molecular flexibility index (Phi) is 5.41. The van der Waals surface area contributed by atoms with Gasteiger partial charge < -0.3 is 10.1 Å². The Bertz CT molecular complexity index is 598. The van der Waals surface area contributed by atoms with E-state index in [-0.39, 0.29) is 11.9 Å². The predicted molar refractivity (Wildman–Crippen MR) is 84.1 cm³/mol. The third-order valence-electron chi connectivity index (χ3n) is 2.95. The van der Waals surface area contributed by atoms with Crippen LogP contribution in [0.25, 0.3) is 5.69 Å². The summed E-state index contributed by atoms with van der Waals surface area (Å²) in [7, 11) is 1.61. The third kappa shape index (κ3) is 3.65. The van der Waals surface area contributed by atoms with Gasteiger partial charge in [0.1, 0.15) is 5.69 Å². The zero-order valence-corrected chi connectivity index (χ0v) is 13.2. The molecule has 0 bridgehead atoms. The number of nitrogens with one attached hydrogen (secondary N) is 1. The van der Waals surface area contributed by atoms with E-state index in [9.17, 15) is 4.79 Å². The molecule has 0 aliphatic heterocycles. The van der Waals surface area contributed by atoms with Crippen LogP contribution in [-0.4, -0.2) is 41.5 Å². The minimum atomic E-state index is -0.156. The lowest BCUT2D eigenvalue weighted by molar-refractivity contribution is 0.0898. The van der Waals surface area contributed by atoms with E-state index in [0.29, 0.717) is 12.3 Å². The molecule has 0 unspecified atom stereocenters. The van der Waals surface area contributed by atoms with E-state index in [1.54, 1.807) is 13.3 Å². The average Bonchev–Trinajstić information content (AvgIpc) is 2.92. The van der Waals surface area contributed by atoms with Crippen LogP contribution in [-0.2, 0) is 4.74 Å². The largest absolute Gasteiger partial charge is 0.383 e. The number of benzene rings is 1. The van der Waals surface area contributed by atoms with Crippen LogP contribution in [0.4, 0.5) is 0 Å². The van der Waals surface area contributed by atoms with E-state index in [1.807, 2.05) is 48.1 Å². The van der Waals surface area contributed by atoms with Gasteiger partial charge in [-0.3, -0.25) is 9.36 Å². The Morgan fingerprint density at radius 3 is 2.76 bits per heavy atom. The number of methoxy groups -OCH3 is 1. The van der Waals surface area contributed by atoms with Gasteiger partial charge in [-0.05, 0) is 25.3 Å². The highest BCUT2D eigenvalue weighted by Gasteiger charge is 2.18. The van der Waals surface area contributed by atoms with Gasteiger partial charge in [0, 0.05) is 18.8 Å². The second-order valence-electron chi connectivity index (χ2n) is 4.63. The van der Waals surface area contributed by atoms with Crippen molar-refractivity contribution in [2.24, 2.45) is 0 Å². The van der Waals surface area contributed by atoms with Crippen molar-refractivity contribution in [3.05, 3.63) is 42.2 Å². The lowest BCUT2D eigenvalue weighted by atomic mass is 10.3. The van der Waals surface area contributed by atoms with Crippen molar-refractivity contribution in [3.8, 4) is 5.69 Å². The van der Waals surface area contributed by atoms with Gasteiger partial charge in [0.25, 0.3) is 5.91 Å². The molecular formula is C15H19N3O2S. The molecule has 0 radical (unpaired) electrons. The predicted octanol–water partition coefficient (Wildman–Crippen LogP) is 2.36. The molecule has 0 aliphatic carbocycles. The minimum absolute atomic E-state index is 0.0562. The summed E-state index contributed by atoms with van der Waals surface area (Å²) in [5.74, 6) is -0.156. The summed E-state index contributed by atoms with van der Waals surface area (Å²) in [4.78, 5) is 16.7. The van der Waals surface area contributed by atoms with Crippen molar-refractivity contribution in [2.45, 2.75) is 18.1 Å². The lowest BCUT2D eigenvalue weighted by Crippen LogP contribution is -2.36. The summed E-state index contributed by atoms with van der Waals surface area (Å²) in [6, 6.07) is 9.68. The molecule has 0 saturated carbocycles. The Labute approximate surface area is 128 Å². The van der Waals surface area contributed by atoms with Crippen LogP contribution < -0.4 is 5.32 Å². The number of imidazole rings is 1. The summed E-state index contributed by atoms with van der Waals surface area (Å²) in [6.07, 6.45) is 3.55. The van der Waals surface area contributed by atoms with Crippen molar-refractivity contribution in [2.75, 3.05) is 20.0 Å². The lowest BCUT2D eigenvalue weighted by Gasteiger charge is -2.14. The van der Waals surface area contributed by atoms with Gasteiger partial charge in [-0.2, -0.15) is 0 Å². The number of hydrogen-bond donors (Lipinski definition) is 1. The maximum absolute atomic E-state index is 12.4. The highest BCUT2D eigenvalue weighted by molar-refractivity contribution is 7.98. The first-order chi connectivity index (χ1) is 10.2. The standard InChI is InChI=1S/C15H19N3O2S/c1-11(10-20-2)17-14(19)13-9-16-15(21-3)18(13)12-7-5-4-6-8-12/h4-9,11H,10H2,1-3H3,(H,17,19)/t11-/m1/s1. The van der Waals surface area contributed by atoms with Gasteiger partial charge in [-0.15, -0.1) is 0 Å². The van der Waals surface area contributed by atoms with E-state index < -0.39 is 0 Å². The molecule has 2 rings (SSSR count). The molecule has 5 nitrogen and oxygen atoms in total. The molecule has 1 aromatic carbocycles. The maximum Gasteiger partial charge on any atom is 0.270 e. The van der Waals surface area contributed by atoms with Gasteiger partial charge >= 0.3 is 0 Å². The fraction of sp³-hybridized carbons (Fsp3) is 0.333. The highest BCUT2D eigenvalue weighted by Crippen LogP contribution is 2.21. The molecule has 1 N–H and O–H groups in total. The summed E-state index contributed by atoms with van der Waals surface area (Å²) in [5.41, 5.74) is 1.44. The normalized spacial score (nSPS) is 12.1. The summed E-state index contributed by atoms with van der Waals surface area (Å²) >= 11 is 1.50. The molecular weight excluding hydrogens is 286 g/mol. The van der Waals surface area contributed by atoms with Crippen molar-refractivity contribution in [1.29, 1.82) is 0 Å². The second kappa shape index (κ2) is 7.28. The first-order valence-electron chi connectivity index (χ1n) is 6.64. The van der Waals surface area contributed by atoms with Crippen molar-refractivity contribution in [3.63, 3.8) is 0 Å². The maximum atomic E-state index is 12.4. The molecule has 112 valence electrons. The third-order valence-corrected chi connectivity index (χ3v) is 3.61. The number of nitrogens with zero attached hydrogens (tertiary/aromatic N) is 2. The Morgan fingerprint density at radius 2 is 2.14 bits per heavy atom. The van der Waals surface area contributed by atoms with Gasteiger partial charge in [0.15, 0.2) is 5.16 Å². The first-order valence-corrected chi connectivity index (χ1v) is 7.86. The zero-order valence-electron chi connectivity index (χ0n) is 12.4. The Morgan fingerprint density at radius 1 is 1.43 bits per heavy atom. The van der Waals surface area contributed by atoms with Crippen molar-refractivity contribution in [1.82, 2.24) is 14.9 Å². The first kappa shape index (κ1) is 15.6. The number of rotatable bonds is 6. The van der Waals surface area contributed by atoms with Crippen LogP contribution >= 0.6 is 11.8 Å². The number of para-hydroxylation sites is 1. The summed E-state index contributed by atoms with van der Waals surface area (Å²) < 4.78 is 6.90. The van der Waals surface area contributed by atoms with Crippen LogP contribution in [0.15, 0.2) is 41.7 Å². The van der Waals surface area contributed by atoms with Crippen molar-refractivity contribution < 1.29 is 9.53 Å². The fourth-order valence-electron chi connectivity index (χ4n) is 2.06. The molecule has 1 aromatic heterocycles. The van der Waals surface area contributed by atoms with Gasteiger partial charge in [0.2, 0.25) is 0 Å². The topological polar surface area (TPSA) is 56.1 Å². The SMILES string of the molecule is COC[C@@H](C)NC(=O)c1cnc(SC)n1-c1ccccc1. The molecule has 6 heteroatoms. The van der Waals surface area contributed by atoms with Crippen LogP contribution in [0.5, 0.6) is 0 Å². The van der Waals surface area contributed by atoms with E-state index in [2.05, 4.69) is 10.3 Å². The van der Waals surface area contributed by atoms with Crippen LogP contribution in [0.3, 0.4) is 0 Å². The van der Waals surface area contributed by atoms with Crippen LogP contribution in [0.1, 0.15) is 17.4 Å². The van der Waals surface area contributed by atoms with E-state index >= 15 is 0 Å².